The van der Waals surface area contributed by atoms with Crippen LogP contribution in [0.1, 0.15) is 22.3 Å². The molecule has 0 aliphatic rings. The third-order valence-electron chi connectivity index (χ3n) is 3.09. The molecule has 0 heterocycles. The van der Waals surface area contributed by atoms with Crippen LogP contribution >= 0.6 is 11.8 Å². The Balaban J connectivity index is 2.15. The van der Waals surface area contributed by atoms with Crippen LogP contribution in [0.2, 0.25) is 0 Å². The molecule has 20 heavy (non-hydrogen) atoms. The summed E-state index contributed by atoms with van der Waals surface area (Å²) >= 11 is 1.62. The number of nitrogens with one attached hydrogen (secondary N) is 1. The van der Waals surface area contributed by atoms with Gasteiger partial charge in [-0.3, -0.25) is 5.41 Å². The lowest BCUT2D eigenvalue weighted by atomic mass is 10.1. The molecule has 0 saturated carbocycles. The molecule has 0 amide bonds. The van der Waals surface area contributed by atoms with Gasteiger partial charge < -0.3 is 5.73 Å². The Morgan fingerprint density at radius 2 is 1.95 bits per heavy atom. The Bertz CT molecular complexity index is 653. The highest BCUT2D eigenvalue weighted by molar-refractivity contribution is 7.98. The van der Waals surface area contributed by atoms with Gasteiger partial charge in [-0.1, -0.05) is 29.8 Å². The van der Waals surface area contributed by atoms with Crippen molar-refractivity contribution in [2.75, 3.05) is 0 Å². The summed E-state index contributed by atoms with van der Waals surface area (Å²) in [6, 6.07) is 11.0. The summed E-state index contributed by atoms with van der Waals surface area (Å²) in [7, 11) is 0. The lowest BCUT2D eigenvalue weighted by molar-refractivity contribution is 0.617. The molecular formula is C16H17FN2S. The van der Waals surface area contributed by atoms with Crippen LogP contribution in [0.5, 0.6) is 0 Å². The van der Waals surface area contributed by atoms with Crippen molar-refractivity contribution in [2.45, 2.75) is 24.5 Å². The summed E-state index contributed by atoms with van der Waals surface area (Å²) < 4.78 is 13.9. The van der Waals surface area contributed by atoms with E-state index in [1.807, 2.05) is 6.92 Å². The fourth-order valence-corrected chi connectivity index (χ4v) is 2.96. The van der Waals surface area contributed by atoms with E-state index < -0.39 is 0 Å². The molecule has 0 aliphatic carbocycles. The van der Waals surface area contributed by atoms with E-state index in [9.17, 15) is 4.39 Å². The third kappa shape index (κ3) is 3.39. The van der Waals surface area contributed by atoms with E-state index in [1.165, 1.54) is 22.1 Å². The lowest BCUT2D eigenvalue weighted by Crippen LogP contribution is -2.11. The van der Waals surface area contributed by atoms with Gasteiger partial charge in [-0.25, -0.2) is 4.39 Å². The molecule has 104 valence electrons. The molecule has 0 spiro atoms. The molecule has 2 aromatic carbocycles. The zero-order valence-corrected chi connectivity index (χ0v) is 12.4. The zero-order valence-electron chi connectivity index (χ0n) is 11.5. The van der Waals surface area contributed by atoms with Gasteiger partial charge in [0.1, 0.15) is 11.7 Å². The van der Waals surface area contributed by atoms with Crippen LogP contribution in [0, 0.1) is 25.1 Å². The minimum Gasteiger partial charge on any atom is -0.384 e. The number of amidine groups is 1. The highest BCUT2D eigenvalue weighted by Crippen LogP contribution is 2.28. The van der Waals surface area contributed by atoms with E-state index in [0.717, 1.165) is 0 Å². The maximum atomic E-state index is 13.9. The first-order valence-electron chi connectivity index (χ1n) is 6.30. The average molecular weight is 288 g/mol. The SMILES string of the molecule is Cc1ccc(C)c(SCc2ccc(C(=N)N)cc2F)c1. The number of thioether (sulfide) groups is 1. The van der Waals surface area contributed by atoms with Gasteiger partial charge in [0.05, 0.1) is 0 Å². The Morgan fingerprint density at radius 3 is 2.60 bits per heavy atom. The highest BCUT2D eigenvalue weighted by atomic mass is 32.2. The molecule has 2 nitrogen and oxygen atoms in total. The lowest BCUT2D eigenvalue weighted by Gasteiger charge is -2.08. The average Bonchev–Trinajstić information content (AvgIpc) is 2.40. The standard InChI is InChI=1S/C16H17FN2S/c1-10-3-4-11(2)15(7-10)20-9-13-6-5-12(16(18)19)8-14(13)17/h3-8H,9H2,1-2H3,(H3,18,19). The number of halogens is 1. The maximum absolute atomic E-state index is 13.9. The van der Waals surface area contributed by atoms with Crippen molar-refractivity contribution < 1.29 is 4.39 Å². The second-order valence-corrected chi connectivity index (χ2v) is 5.79. The third-order valence-corrected chi connectivity index (χ3v) is 4.30. The topological polar surface area (TPSA) is 49.9 Å². The van der Waals surface area contributed by atoms with Gasteiger partial charge in [-0.05, 0) is 37.1 Å². The van der Waals surface area contributed by atoms with Gasteiger partial charge in [0.25, 0.3) is 0 Å². The Kier molecular flexibility index (Phi) is 4.45. The molecule has 0 fully saturated rings. The van der Waals surface area contributed by atoms with Crippen LogP contribution in [-0.4, -0.2) is 5.84 Å². The van der Waals surface area contributed by atoms with Crippen molar-refractivity contribution in [3.8, 4) is 0 Å². The fourth-order valence-electron chi connectivity index (χ4n) is 1.85. The molecule has 4 heteroatoms. The van der Waals surface area contributed by atoms with E-state index in [2.05, 4.69) is 25.1 Å². The summed E-state index contributed by atoms with van der Waals surface area (Å²) in [6.07, 6.45) is 0. The van der Waals surface area contributed by atoms with Crippen LogP contribution in [0.4, 0.5) is 4.39 Å². The van der Waals surface area contributed by atoms with E-state index in [4.69, 9.17) is 11.1 Å². The molecule has 0 atom stereocenters. The van der Waals surface area contributed by atoms with Crippen molar-refractivity contribution in [2.24, 2.45) is 5.73 Å². The van der Waals surface area contributed by atoms with Crippen LogP contribution in [0.25, 0.3) is 0 Å². The summed E-state index contributed by atoms with van der Waals surface area (Å²) in [4.78, 5) is 1.17. The highest BCUT2D eigenvalue weighted by Gasteiger charge is 2.07. The van der Waals surface area contributed by atoms with E-state index in [1.54, 1.807) is 23.9 Å². The van der Waals surface area contributed by atoms with E-state index in [-0.39, 0.29) is 11.7 Å². The smallest absolute Gasteiger partial charge is 0.127 e. The Morgan fingerprint density at radius 1 is 1.20 bits per heavy atom. The number of aryl methyl sites for hydroxylation is 2. The van der Waals surface area contributed by atoms with Gasteiger partial charge in [0.2, 0.25) is 0 Å². The van der Waals surface area contributed by atoms with Crippen LogP contribution < -0.4 is 5.73 Å². The molecule has 0 bridgehead atoms. The van der Waals surface area contributed by atoms with Crippen LogP contribution in [0.3, 0.4) is 0 Å². The summed E-state index contributed by atoms with van der Waals surface area (Å²) in [5, 5.41) is 7.30. The second kappa shape index (κ2) is 6.09. The molecule has 0 radical (unpaired) electrons. The number of rotatable bonds is 4. The summed E-state index contributed by atoms with van der Waals surface area (Å²) in [5.74, 6) is 0.141. The summed E-state index contributed by atoms with van der Waals surface area (Å²) in [6.45, 7) is 4.10. The molecule has 0 unspecified atom stereocenters. The number of hydrogen-bond acceptors (Lipinski definition) is 2. The normalized spacial score (nSPS) is 10.6. The molecule has 0 aromatic heterocycles. The summed E-state index contributed by atoms with van der Waals surface area (Å²) in [5.41, 5.74) is 8.79. The van der Waals surface area contributed by atoms with Crippen molar-refractivity contribution in [1.29, 1.82) is 5.41 Å². The monoisotopic (exact) mass is 288 g/mol. The van der Waals surface area contributed by atoms with Crippen molar-refractivity contribution in [3.05, 3.63) is 64.5 Å². The molecule has 3 N–H and O–H groups in total. The van der Waals surface area contributed by atoms with Crippen LogP contribution in [-0.2, 0) is 5.75 Å². The maximum Gasteiger partial charge on any atom is 0.127 e. The molecule has 0 saturated heterocycles. The van der Waals surface area contributed by atoms with Gasteiger partial charge in [-0.2, -0.15) is 0 Å². The van der Waals surface area contributed by atoms with Crippen LogP contribution in [0.15, 0.2) is 41.3 Å². The Hall–Kier alpha value is -1.81. The predicted octanol–water partition coefficient (Wildman–Crippen LogP) is 4.02. The van der Waals surface area contributed by atoms with Gasteiger partial charge in [0, 0.05) is 16.2 Å². The number of hydrogen-bond donors (Lipinski definition) is 2. The van der Waals surface area contributed by atoms with Gasteiger partial charge >= 0.3 is 0 Å². The molecule has 2 rings (SSSR count). The second-order valence-electron chi connectivity index (χ2n) is 4.78. The number of benzene rings is 2. The largest absolute Gasteiger partial charge is 0.384 e. The fraction of sp³-hybridized carbons (Fsp3) is 0.188. The molecule has 0 aliphatic heterocycles. The Labute approximate surface area is 122 Å². The quantitative estimate of drug-likeness (QED) is 0.507. The van der Waals surface area contributed by atoms with Crippen molar-refractivity contribution >= 4 is 17.6 Å². The molecular weight excluding hydrogens is 271 g/mol. The van der Waals surface area contributed by atoms with E-state index in [0.29, 0.717) is 16.9 Å². The first-order chi connectivity index (χ1) is 9.47. The number of nitrogen functional groups attached to an aromatic ring is 1. The van der Waals surface area contributed by atoms with E-state index >= 15 is 0 Å². The minimum atomic E-state index is -0.310. The number of nitrogens with two attached hydrogens (primary N) is 1. The zero-order chi connectivity index (χ0) is 14.7. The molecule has 2 aromatic rings. The first-order valence-corrected chi connectivity index (χ1v) is 7.29. The predicted molar refractivity (Wildman–Crippen MR) is 82.9 cm³/mol. The van der Waals surface area contributed by atoms with Crippen molar-refractivity contribution in [3.63, 3.8) is 0 Å². The van der Waals surface area contributed by atoms with Crippen molar-refractivity contribution in [1.82, 2.24) is 0 Å². The first kappa shape index (κ1) is 14.6. The van der Waals surface area contributed by atoms with Gasteiger partial charge in [-0.15, -0.1) is 11.8 Å². The van der Waals surface area contributed by atoms with Gasteiger partial charge in [0.15, 0.2) is 0 Å². The minimum absolute atomic E-state index is 0.113.